The molecule has 2 aromatic heterocycles. The van der Waals surface area contributed by atoms with Crippen molar-refractivity contribution in [2.45, 2.75) is 32.9 Å². The first-order valence-corrected chi connectivity index (χ1v) is 12.8. The lowest BCUT2D eigenvalue weighted by Gasteiger charge is -2.37. The lowest BCUT2D eigenvalue weighted by molar-refractivity contribution is -0.132. The van der Waals surface area contributed by atoms with Crippen LogP contribution in [0.5, 0.6) is 0 Å². The maximum atomic E-state index is 12.9. The number of likely N-dealkylation sites (N-methyl/N-ethyl adjacent to an activating group) is 1. The van der Waals surface area contributed by atoms with Crippen LogP contribution in [0.4, 0.5) is 11.6 Å². The minimum absolute atomic E-state index is 0.122. The Hall–Kier alpha value is -3.46. The zero-order valence-corrected chi connectivity index (χ0v) is 21.8. The van der Waals surface area contributed by atoms with Crippen molar-refractivity contribution in [2.24, 2.45) is 0 Å². The maximum Gasteiger partial charge on any atom is 0.244 e. The molecule has 1 unspecified atom stereocenters. The average Bonchev–Trinajstić information content (AvgIpc) is 3.51. The van der Waals surface area contributed by atoms with Gasteiger partial charge in [-0.2, -0.15) is 5.10 Å². The van der Waals surface area contributed by atoms with Crippen LogP contribution in [0.25, 0.3) is 11.1 Å². The van der Waals surface area contributed by atoms with Crippen molar-refractivity contribution in [1.29, 1.82) is 0 Å². The van der Waals surface area contributed by atoms with E-state index >= 15 is 0 Å². The van der Waals surface area contributed by atoms with Gasteiger partial charge >= 0.3 is 0 Å². The van der Waals surface area contributed by atoms with Crippen molar-refractivity contribution in [1.82, 2.24) is 29.5 Å². The topological polar surface area (TPSA) is 73.6 Å². The molecule has 0 N–H and O–H groups in total. The van der Waals surface area contributed by atoms with Gasteiger partial charge in [-0.15, -0.1) is 0 Å². The van der Waals surface area contributed by atoms with Crippen LogP contribution in [0.1, 0.15) is 17.8 Å². The molecule has 0 spiro atoms. The van der Waals surface area contributed by atoms with Crippen LogP contribution in [0.2, 0.25) is 0 Å². The number of anilines is 2. The summed E-state index contributed by atoms with van der Waals surface area (Å²) >= 11 is 0. The lowest BCUT2D eigenvalue weighted by atomic mass is 10.1. The molecular formula is C27H36N8O. The summed E-state index contributed by atoms with van der Waals surface area (Å²) in [6.45, 7) is 9.17. The van der Waals surface area contributed by atoms with Gasteiger partial charge in [-0.25, -0.2) is 9.97 Å². The largest absolute Gasteiger partial charge is 0.367 e. The van der Waals surface area contributed by atoms with E-state index in [2.05, 4.69) is 58.2 Å². The molecule has 0 radical (unpaired) electrons. The number of para-hydroxylation sites is 1. The van der Waals surface area contributed by atoms with Gasteiger partial charge in [0, 0.05) is 80.2 Å². The molecule has 5 rings (SSSR count). The molecule has 1 atom stereocenters. The van der Waals surface area contributed by atoms with E-state index in [1.54, 1.807) is 4.68 Å². The highest BCUT2D eigenvalue weighted by atomic mass is 16.2. The predicted octanol–water partition coefficient (Wildman–Crippen LogP) is 2.45. The second-order valence-electron chi connectivity index (χ2n) is 10.1. The van der Waals surface area contributed by atoms with Gasteiger partial charge in [0.05, 0.1) is 5.69 Å². The van der Waals surface area contributed by atoms with Crippen LogP contribution in [0.3, 0.4) is 0 Å². The van der Waals surface area contributed by atoms with Crippen LogP contribution >= 0.6 is 0 Å². The third-order valence-electron chi connectivity index (χ3n) is 7.39. The minimum atomic E-state index is 0.122. The standard InChI is InChI=1S/C27H36N8O/c1-20-15-21(2)35(30-20)19-26(36)33-13-11-32(12-14-33)25-8-6-5-7-24(25)22-16-28-27(29-17-22)34-10-9-23(18-34)31(3)4/h5-8,15-17,23H,9-14,18-19H2,1-4H3. The summed E-state index contributed by atoms with van der Waals surface area (Å²) in [6, 6.07) is 11.0. The Morgan fingerprint density at radius 3 is 2.36 bits per heavy atom. The first-order valence-electron chi connectivity index (χ1n) is 12.8. The van der Waals surface area contributed by atoms with Gasteiger partial charge in [0.15, 0.2) is 0 Å². The number of carbonyl (C=O) groups excluding carboxylic acids is 1. The molecule has 2 saturated heterocycles. The molecule has 0 saturated carbocycles. The Morgan fingerprint density at radius 2 is 1.72 bits per heavy atom. The van der Waals surface area contributed by atoms with Crippen LogP contribution in [0, 0.1) is 13.8 Å². The third kappa shape index (κ3) is 5.06. The van der Waals surface area contributed by atoms with Crippen LogP contribution in [-0.2, 0) is 11.3 Å². The molecule has 1 aromatic carbocycles. The number of carbonyl (C=O) groups is 1. The van der Waals surface area contributed by atoms with Gasteiger partial charge in [-0.1, -0.05) is 18.2 Å². The van der Waals surface area contributed by atoms with E-state index in [4.69, 9.17) is 9.97 Å². The molecule has 2 aliphatic heterocycles. The molecule has 0 bridgehead atoms. The summed E-state index contributed by atoms with van der Waals surface area (Å²) in [5.74, 6) is 0.923. The summed E-state index contributed by atoms with van der Waals surface area (Å²) < 4.78 is 1.80. The molecule has 9 nitrogen and oxygen atoms in total. The highest BCUT2D eigenvalue weighted by Crippen LogP contribution is 2.31. The monoisotopic (exact) mass is 488 g/mol. The molecule has 1 amide bonds. The van der Waals surface area contributed by atoms with Crippen molar-refractivity contribution < 1.29 is 4.79 Å². The third-order valence-corrected chi connectivity index (χ3v) is 7.39. The number of aromatic nitrogens is 4. The summed E-state index contributed by atoms with van der Waals surface area (Å²) in [6.07, 6.45) is 5.02. The van der Waals surface area contributed by atoms with Crippen molar-refractivity contribution >= 4 is 17.5 Å². The van der Waals surface area contributed by atoms with Gasteiger partial charge in [-0.05, 0) is 46.5 Å². The summed E-state index contributed by atoms with van der Waals surface area (Å²) in [7, 11) is 4.26. The number of amides is 1. The van der Waals surface area contributed by atoms with E-state index < -0.39 is 0 Å². The zero-order valence-electron chi connectivity index (χ0n) is 21.8. The van der Waals surface area contributed by atoms with Crippen LogP contribution < -0.4 is 9.80 Å². The van der Waals surface area contributed by atoms with E-state index in [9.17, 15) is 4.79 Å². The second-order valence-corrected chi connectivity index (χ2v) is 10.1. The maximum absolute atomic E-state index is 12.9. The number of benzene rings is 1. The summed E-state index contributed by atoms with van der Waals surface area (Å²) in [4.78, 5) is 31.2. The van der Waals surface area contributed by atoms with E-state index in [1.807, 2.05) is 37.2 Å². The first kappa shape index (κ1) is 24.2. The number of aryl methyl sites for hydroxylation is 2. The first-order chi connectivity index (χ1) is 17.4. The molecule has 190 valence electrons. The molecule has 4 heterocycles. The second kappa shape index (κ2) is 10.3. The average molecular weight is 489 g/mol. The van der Waals surface area contributed by atoms with Crippen molar-refractivity contribution in [3.05, 3.63) is 54.1 Å². The molecule has 3 aromatic rings. The van der Waals surface area contributed by atoms with E-state index in [0.717, 1.165) is 66.8 Å². The Labute approximate surface area is 213 Å². The smallest absolute Gasteiger partial charge is 0.244 e. The van der Waals surface area contributed by atoms with Gasteiger partial charge in [-0.3, -0.25) is 9.48 Å². The van der Waals surface area contributed by atoms with Gasteiger partial charge in [0.25, 0.3) is 0 Å². The Morgan fingerprint density at radius 1 is 1.00 bits per heavy atom. The van der Waals surface area contributed by atoms with Crippen molar-refractivity contribution in [2.75, 3.05) is 63.2 Å². The summed E-state index contributed by atoms with van der Waals surface area (Å²) in [5, 5.41) is 4.44. The molecule has 9 heteroatoms. The Bertz CT molecular complexity index is 1200. The fourth-order valence-corrected chi connectivity index (χ4v) is 5.22. The number of hydrogen-bond acceptors (Lipinski definition) is 7. The number of nitrogens with zero attached hydrogens (tertiary/aromatic N) is 8. The Kier molecular flexibility index (Phi) is 6.91. The number of piperazine rings is 1. The predicted molar refractivity (Wildman–Crippen MR) is 142 cm³/mol. The fourth-order valence-electron chi connectivity index (χ4n) is 5.22. The van der Waals surface area contributed by atoms with Crippen LogP contribution in [0.15, 0.2) is 42.7 Å². The van der Waals surface area contributed by atoms with Gasteiger partial charge in [0.1, 0.15) is 6.54 Å². The molecule has 2 fully saturated rings. The molecule has 2 aliphatic rings. The quantitative estimate of drug-likeness (QED) is 0.528. The molecule has 36 heavy (non-hydrogen) atoms. The highest BCUT2D eigenvalue weighted by molar-refractivity contribution is 5.79. The van der Waals surface area contributed by atoms with Crippen molar-refractivity contribution in [3.8, 4) is 11.1 Å². The van der Waals surface area contributed by atoms with E-state index in [1.165, 1.54) is 0 Å². The summed E-state index contributed by atoms with van der Waals surface area (Å²) in [5.41, 5.74) is 5.26. The van der Waals surface area contributed by atoms with E-state index in [0.29, 0.717) is 25.7 Å². The Balaban J connectivity index is 1.24. The fraction of sp³-hybridized carbons (Fsp3) is 0.481. The SMILES string of the molecule is Cc1cc(C)n(CC(=O)N2CCN(c3ccccc3-c3cnc(N4CCC(N(C)C)C4)nc3)CC2)n1. The minimum Gasteiger partial charge on any atom is -0.367 e. The molecule has 0 aliphatic carbocycles. The van der Waals surface area contributed by atoms with Gasteiger partial charge in [0.2, 0.25) is 11.9 Å². The lowest BCUT2D eigenvalue weighted by Crippen LogP contribution is -2.49. The molecular weight excluding hydrogens is 452 g/mol. The van der Waals surface area contributed by atoms with Crippen LogP contribution in [-0.4, -0.2) is 94.9 Å². The zero-order chi connectivity index (χ0) is 25.2. The number of hydrogen-bond donors (Lipinski definition) is 0. The number of rotatable bonds is 6. The normalized spacial score (nSPS) is 18.4. The van der Waals surface area contributed by atoms with E-state index in [-0.39, 0.29) is 5.91 Å². The van der Waals surface area contributed by atoms with Crippen molar-refractivity contribution in [3.63, 3.8) is 0 Å². The highest BCUT2D eigenvalue weighted by Gasteiger charge is 2.26. The van der Waals surface area contributed by atoms with Gasteiger partial charge < -0.3 is 19.6 Å².